The van der Waals surface area contributed by atoms with Crippen molar-refractivity contribution in [2.45, 2.75) is 24.8 Å². The molecule has 2 amide bonds. The Bertz CT molecular complexity index is 1320. The Labute approximate surface area is 206 Å². The standard InChI is InChI=1S/C29H22FNO5/c1-15(29(35)36-14-22(32)16-10-12-17(30)13-11-16)31-27(33)25-23-18-6-2-3-7-19(18)24(26(25)28(31)34)21-9-5-4-8-20(21)23/h2-13,15,23-26H,14H2,1H3/t15-,23?,24?,25-,26-/m1/s1. The number of halogens is 1. The van der Waals surface area contributed by atoms with E-state index in [-0.39, 0.29) is 17.4 Å². The van der Waals surface area contributed by atoms with Crippen molar-refractivity contribution in [1.29, 1.82) is 0 Å². The first-order valence-electron chi connectivity index (χ1n) is 11.9. The molecule has 0 spiro atoms. The van der Waals surface area contributed by atoms with Crippen LogP contribution in [0.5, 0.6) is 0 Å². The van der Waals surface area contributed by atoms with E-state index in [4.69, 9.17) is 4.74 Å². The summed E-state index contributed by atoms with van der Waals surface area (Å²) in [6.07, 6.45) is 0. The molecule has 7 rings (SSSR count). The number of imide groups is 1. The lowest BCUT2D eigenvalue weighted by Crippen LogP contribution is -2.45. The van der Waals surface area contributed by atoms with E-state index in [1.165, 1.54) is 19.1 Å². The summed E-state index contributed by atoms with van der Waals surface area (Å²) < 4.78 is 18.3. The van der Waals surface area contributed by atoms with Gasteiger partial charge in [0.05, 0.1) is 11.8 Å². The smallest absolute Gasteiger partial charge is 0.329 e. The molecule has 0 N–H and O–H groups in total. The molecular weight excluding hydrogens is 461 g/mol. The average molecular weight is 483 g/mol. The SMILES string of the molecule is C[C@H](C(=O)OCC(=O)c1ccc(F)cc1)N1C(=O)[C@@H]2C3c4ccccc4C(c4ccccc43)[C@H]2C1=O. The van der Waals surface area contributed by atoms with Crippen LogP contribution in [0, 0.1) is 17.7 Å². The van der Waals surface area contributed by atoms with Gasteiger partial charge in [-0.1, -0.05) is 48.5 Å². The van der Waals surface area contributed by atoms with Crippen LogP contribution < -0.4 is 0 Å². The summed E-state index contributed by atoms with van der Waals surface area (Å²) in [5.41, 5.74) is 4.38. The minimum absolute atomic E-state index is 0.198. The number of nitrogens with zero attached hydrogens (tertiary/aromatic N) is 1. The summed E-state index contributed by atoms with van der Waals surface area (Å²) in [6.45, 7) is 0.875. The van der Waals surface area contributed by atoms with Crippen LogP contribution in [0.3, 0.4) is 0 Å². The summed E-state index contributed by atoms with van der Waals surface area (Å²) in [5.74, 6) is -4.33. The highest BCUT2D eigenvalue weighted by Gasteiger charge is 2.62. The topological polar surface area (TPSA) is 80.8 Å². The first-order chi connectivity index (χ1) is 17.4. The quantitative estimate of drug-likeness (QED) is 0.313. The van der Waals surface area contributed by atoms with E-state index in [9.17, 15) is 23.6 Å². The molecule has 3 aromatic carbocycles. The number of benzene rings is 3. The Morgan fingerprint density at radius 2 is 1.25 bits per heavy atom. The Balaban J connectivity index is 1.26. The monoisotopic (exact) mass is 483 g/mol. The molecule has 0 aromatic heterocycles. The van der Waals surface area contributed by atoms with E-state index in [0.717, 1.165) is 39.3 Å². The number of carbonyl (C=O) groups excluding carboxylic acids is 4. The van der Waals surface area contributed by atoms with Gasteiger partial charge in [-0.2, -0.15) is 0 Å². The summed E-state index contributed by atoms with van der Waals surface area (Å²) in [4.78, 5) is 53.6. The van der Waals surface area contributed by atoms with Crippen LogP contribution in [0.1, 0.15) is 51.4 Å². The lowest BCUT2D eigenvalue weighted by molar-refractivity contribution is -0.157. The highest BCUT2D eigenvalue weighted by atomic mass is 19.1. The van der Waals surface area contributed by atoms with Gasteiger partial charge in [0.15, 0.2) is 12.4 Å². The maximum atomic E-state index is 13.7. The van der Waals surface area contributed by atoms with Gasteiger partial charge in [-0.25, -0.2) is 9.18 Å². The second-order valence-electron chi connectivity index (χ2n) is 9.52. The number of Topliss-reactive ketones (excluding diaryl/α,β-unsaturated/α-hetero) is 1. The molecule has 1 heterocycles. The third kappa shape index (κ3) is 3.15. The van der Waals surface area contributed by atoms with Crippen molar-refractivity contribution in [3.63, 3.8) is 0 Å². The maximum Gasteiger partial charge on any atom is 0.329 e. The van der Waals surface area contributed by atoms with Crippen LogP contribution in [-0.4, -0.2) is 41.1 Å². The number of rotatable bonds is 5. The van der Waals surface area contributed by atoms with Gasteiger partial charge in [0, 0.05) is 17.4 Å². The van der Waals surface area contributed by atoms with E-state index in [0.29, 0.717) is 0 Å². The first-order valence-corrected chi connectivity index (χ1v) is 11.9. The molecule has 0 unspecified atom stereocenters. The predicted molar refractivity (Wildman–Crippen MR) is 127 cm³/mol. The molecule has 36 heavy (non-hydrogen) atoms. The van der Waals surface area contributed by atoms with Gasteiger partial charge >= 0.3 is 5.97 Å². The molecule has 1 aliphatic heterocycles. The lowest BCUT2D eigenvalue weighted by Gasteiger charge is -2.45. The van der Waals surface area contributed by atoms with Gasteiger partial charge in [-0.3, -0.25) is 19.3 Å². The number of esters is 1. The van der Waals surface area contributed by atoms with E-state index in [2.05, 4.69) is 0 Å². The van der Waals surface area contributed by atoms with Crippen molar-refractivity contribution < 1.29 is 28.3 Å². The summed E-state index contributed by atoms with van der Waals surface area (Å²) in [6, 6.07) is 19.5. The Morgan fingerprint density at radius 3 is 1.69 bits per heavy atom. The molecule has 4 aliphatic rings. The molecule has 180 valence electrons. The zero-order chi connectivity index (χ0) is 25.1. The molecule has 1 saturated heterocycles. The second-order valence-corrected chi connectivity index (χ2v) is 9.52. The van der Waals surface area contributed by atoms with Crippen molar-refractivity contribution >= 4 is 23.6 Å². The Hall–Kier alpha value is -4.13. The number of amides is 2. The summed E-state index contributed by atoms with van der Waals surface area (Å²) >= 11 is 0. The molecule has 3 atom stereocenters. The molecule has 0 saturated carbocycles. The summed E-state index contributed by atoms with van der Waals surface area (Å²) in [5, 5.41) is 0. The van der Waals surface area contributed by atoms with E-state index in [1.807, 2.05) is 48.5 Å². The number of hydrogen-bond acceptors (Lipinski definition) is 5. The van der Waals surface area contributed by atoms with Crippen LogP contribution in [0.15, 0.2) is 72.8 Å². The minimum Gasteiger partial charge on any atom is -0.456 e. The molecule has 7 heteroatoms. The van der Waals surface area contributed by atoms with Crippen LogP contribution in [0.25, 0.3) is 0 Å². The normalized spacial score (nSPS) is 24.1. The molecule has 3 aliphatic carbocycles. The van der Waals surface area contributed by atoms with Crippen LogP contribution in [-0.2, 0) is 19.1 Å². The molecule has 2 bridgehead atoms. The van der Waals surface area contributed by atoms with Crippen LogP contribution in [0.4, 0.5) is 4.39 Å². The van der Waals surface area contributed by atoms with Crippen molar-refractivity contribution in [1.82, 2.24) is 4.90 Å². The molecule has 0 radical (unpaired) electrons. The first kappa shape index (κ1) is 22.3. The number of carbonyl (C=O) groups is 4. The fraction of sp³-hybridized carbons (Fsp3) is 0.241. The molecular formula is C29H22FNO5. The fourth-order valence-corrected chi connectivity index (χ4v) is 6.16. The van der Waals surface area contributed by atoms with E-state index < -0.39 is 53.9 Å². The fourth-order valence-electron chi connectivity index (χ4n) is 6.16. The van der Waals surface area contributed by atoms with Gasteiger partial charge in [0.2, 0.25) is 11.8 Å². The highest BCUT2D eigenvalue weighted by molar-refractivity contribution is 6.10. The number of ketones is 1. The summed E-state index contributed by atoms with van der Waals surface area (Å²) in [7, 11) is 0. The Kier molecular flexibility index (Phi) is 5.10. The number of ether oxygens (including phenoxy) is 1. The third-order valence-corrected chi connectivity index (χ3v) is 7.72. The van der Waals surface area contributed by atoms with Gasteiger partial charge in [-0.05, 0) is 53.4 Å². The van der Waals surface area contributed by atoms with Gasteiger partial charge < -0.3 is 4.74 Å². The molecule has 6 nitrogen and oxygen atoms in total. The average Bonchev–Trinajstić information content (AvgIpc) is 3.17. The minimum atomic E-state index is -1.18. The Morgan fingerprint density at radius 1 is 0.806 bits per heavy atom. The largest absolute Gasteiger partial charge is 0.456 e. The van der Waals surface area contributed by atoms with Gasteiger partial charge in [-0.15, -0.1) is 0 Å². The van der Waals surface area contributed by atoms with Crippen LogP contribution >= 0.6 is 0 Å². The van der Waals surface area contributed by atoms with Crippen molar-refractivity contribution in [2.75, 3.05) is 6.61 Å². The van der Waals surface area contributed by atoms with Gasteiger partial charge in [0.25, 0.3) is 0 Å². The zero-order valence-electron chi connectivity index (χ0n) is 19.4. The van der Waals surface area contributed by atoms with E-state index >= 15 is 0 Å². The van der Waals surface area contributed by atoms with Crippen LogP contribution in [0.2, 0.25) is 0 Å². The van der Waals surface area contributed by atoms with Crippen molar-refractivity contribution in [2.24, 2.45) is 11.8 Å². The predicted octanol–water partition coefficient (Wildman–Crippen LogP) is 3.83. The molecule has 1 fully saturated rings. The third-order valence-electron chi connectivity index (χ3n) is 7.72. The highest BCUT2D eigenvalue weighted by Crippen LogP contribution is 2.61. The van der Waals surface area contributed by atoms with Gasteiger partial charge in [0.1, 0.15) is 11.9 Å². The number of likely N-dealkylation sites (tertiary alicyclic amines) is 1. The zero-order valence-corrected chi connectivity index (χ0v) is 19.4. The lowest BCUT2D eigenvalue weighted by atomic mass is 9.55. The van der Waals surface area contributed by atoms with E-state index in [1.54, 1.807) is 0 Å². The number of hydrogen-bond donors (Lipinski definition) is 0. The van der Waals surface area contributed by atoms with Crippen molar-refractivity contribution in [3.05, 3.63) is 106 Å². The molecule has 3 aromatic rings. The second kappa shape index (κ2) is 8.22. The van der Waals surface area contributed by atoms with Crippen molar-refractivity contribution in [3.8, 4) is 0 Å². The maximum absolute atomic E-state index is 13.7.